The molecule has 37 heavy (non-hydrogen) atoms. The third-order valence-electron chi connectivity index (χ3n) is 7.56. The molecular weight excluding hydrogens is 472 g/mol. The van der Waals surface area contributed by atoms with Crippen molar-refractivity contribution < 1.29 is 19.4 Å². The van der Waals surface area contributed by atoms with Crippen LogP contribution in [-0.2, 0) is 11.3 Å². The quantitative estimate of drug-likeness (QED) is 0.511. The lowest BCUT2D eigenvalue weighted by Crippen LogP contribution is -2.48. The zero-order valence-electron chi connectivity index (χ0n) is 21.6. The Labute approximate surface area is 217 Å². The van der Waals surface area contributed by atoms with Gasteiger partial charge in [-0.1, -0.05) is 31.4 Å². The number of carboxylic acid groups (broad SMARTS) is 1. The Balaban J connectivity index is 1.41. The molecule has 1 aromatic heterocycles. The van der Waals surface area contributed by atoms with Gasteiger partial charge in [0, 0.05) is 36.9 Å². The number of benzene rings is 1. The fraction of sp³-hybridized carbons (Fsp3) is 0.556. The normalized spacial score (nSPS) is 20.3. The topological polar surface area (TPSA) is 120 Å². The van der Waals surface area contributed by atoms with Crippen LogP contribution in [0.2, 0.25) is 0 Å². The van der Waals surface area contributed by atoms with Crippen molar-refractivity contribution in [1.82, 2.24) is 20.2 Å². The van der Waals surface area contributed by atoms with Gasteiger partial charge in [0.2, 0.25) is 5.95 Å². The number of aromatic nitrogens is 2. The molecule has 1 atom stereocenters. The van der Waals surface area contributed by atoms with Gasteiger partial charge in [-0.3, -0.25) is 4.79 Å². The Bertz CT molecular complexity index is 1130. The van der Waals surface area contributed by atoms with E-state index in [0.29, 0.717) is 49.6 Å². The number of rotatable bonds is 7. The first-order valence-corrected chi connectivity index (χ1v) is 13.3. The van der Waals surface area contributed by atoms with Crippen molar-refractivity contribution in [2.45, 2.75) is 70.6 Å². The van der Waals surface area contributed by atoms with E-state index in [-0.39, 0.29) is 24.6 Å². The SMILES string of the molecule is CC(C)N1Cc2c(Nc3ccc(C4CCCCC4)cc3)nc(N3CCO[C@H](CNC(=O)O)C3)nc2C1=O. The van der Waals surface area contributed by atoms with Crippen molar-refractivity contribution in [2.24, 2.45) is 0 Å². The van der Waals surface area contributed by atoms with Gasteiger partial charge < -0.3 is 30.3 Å². The first-order chi connectivity index (χ1) is 17.9. The minimum absolute atomic E-state index is 0.0441. The molecule has 3 aliphatic rings. The fourth-order valence-corrected chi connectivity index (χ4v) is 5.48. The minimum atomic E-state index is -1.09. The van der Waals surface area contributed by atoms with Crippen LogP contribution in [0.4, 0.5) is 22.2 Å². The van der Waals surface area contributed by atoms with Gasteiger partial charge in [-0.25, -0.2) is 9.78 Å². The van der Waals surface area contributed by atoms with Crippen LogP contribution in [0.5, 0.6) is 0 Å². The minimum Gasteiger partial charge on any atom is -0.465 e. The van der Waals surface area contributed by atoms with E-state index in [1.807, 2.05) is 18.7 Å². The van der Waals surface area contributed by atoms with Gasteiger partial charge >= 0.3 is 6.09 Å². The summed E-state index contributed by atoms with van der Waals surface area (Å²) < 4.78 is 5.72. The van der Waals surface area contributed by atoms with Crippen molar-refractivity contribution in [1.29, 1.82) is 0 Å². The highest BCUT2D eigenvalue weighted by molar-refractivity contribution is 5.98. The van der Waals surface area contributed by atoms with Gasteiger partial charge in [-0.15, -0.1) is 0 Å². The van der Waals surface area contributed by atoms with E-state index in [4.69, 9.17) is 14.8 Å². The van der Waals surface area contributed by atoms with E-state index in [2.05, 4.69) is 39.9 Å². The van der Waals surface area contributed by atoms with Crippen LogP contribution < -0.4 is 15.5 Å². The Hall–Kier alpha value is -3.40. The first kappa shape index (κ1) is 25.3. The average molecular weight is 509 g/mol. The van der Waals surface area contributed by atoms with Crippen LogP contribution in [0, 0.1) is 0 Å². The highest BCUT2D eigenvalue weighted by Crippen LogP contribution is 2.35. The molecule has 5 rings (SSSR count). The molecule has 1 saturated heterocycles. The van der Waals surface area contributed by atoms with Crippen LogP contribution >= 0.6 is 0 Å². The number of nitrogens with one attached hydrogen (secondary N) is 2. The van der Waals surface area contributed by atoms with E-state index in [1.165, 1.54) is 37.7 Å². The van der Waals surface area contributed by atoms with Crippen LogP contribution in [0.1, 0.15) is 73.5 Å². The molecule has 198 valence electrons. The average Bonchev–Trinajstić information content (AvgIpc) is 3.25. The molecule has 3 N–H and O–H groups in total. The molecule has 3 heterocycles. The van der Waals surface area contributed by atoms with Crippen molar-refractivity contribution in [3.05, 3.63) is 41.1 Å². The van der Waals surface area contributed by atoms with Gasteiger partial charge in [0.1, 0.15) is 11.5 Å². The predicted molar refractivity (Wildman–Crippen MR) is 141 cm³/mol. The number of carbonyl (C=O) groups is 2. The second-order valence-corrected chi connectivity index (χ2v) is 10.4. The van der Waals surface area contributed by atoms with E-state index in [9.17, 15) is 9.59 Å². The largest absolute Gasteiger partial charge is 0.465 e. The molecule has 10 nitrogen and oxygen atoms in total. The highest BCUT2D eigenvalue weighted by atomic mass is 16.5. The molecule has 0 unspecified atom stereocenters. The number of hydrogen-bond acceptors (Lipinski definition) is 7. The van der Waals surface area contributed by atoms with Crippen LogP contribution in [-0.4, -0.2) is 70.4 Å². The Kier molecular flexibility index (Phi) is 7.45. The second-order valence-electron chi connectivity index (χ2n) is 10.4. The van der Waals surface area contributed by atoms with Crippen LogP contribution in [0.25, 0.3) is 0 Å². The number of nitrogens with zero attached hydrogens (tertiary/aromatic N) is 4. The number of fused-ring (bicyclic) bond motifs is 1. The lowest BCUT2D eigenvalue weighted by Gasteiger charge is -2.33. The molecule has 2 aromatic rings. The van der Waals surface area contributed by atoms with Crippen LogP contribution in [0.3, 0.4) is 0 Å². The molecule has 1 aliphatic carbocycles. The maximum atomic E-state index is 13.2. The lowest BCUT2D eigenvalue weighted by molar-refractivity contribution is 0.0405. The zero-order valence-corrected chi connectivity index (χ0v) is 21.6. The lowest BCUT2D eigenvalue weighted by atomic mass is 9.84. The summed E-state index contributed by atoms with van der Waals surface area (Å²) in [6, 6.07) is 8.64. The molecule has 0 radical (unpaired) electrons. The molecule has 2 amide bonds. The molecule has 2 aliphatic heterocycles. The number of hydrogen-bond donors (Lipinski definition) is 3. The summed E-state index contributed by atoms with van der Waals surface area (Å²) in [6.07, 6.45) is 5.04. The first-order valence-electron chi connectivity index (χ1n) is 13.3. The molecule has 10 heteroatoms. The summed E-state index contributed by atoms with van der Waals surface area (Å²) in [4.78, 5) is 37.5. The third kappa shape index (κ3) is 5.64. The van der Waals surface area contributed by atoms with Crippen molar-refractivity contribution in [3.8, 4) is 0 Å². The number of anilines is 3. The Morgan fingerprint density at radius 1 is 1.16 bits per heavy atom. The van der Waals surface area contributed by atoms with Gasteiger partial charge in [-0.2, -0.15) is 4.98 Å². The fourth-order valence-electron chi connectivity index (χ4n) is 5.48. The number of carbonyl (C=O) groups excluding carboxylic acids is 1. The summed E-state index contributed by atoms with van der Waals surface area (Å²) in [7, 11) is 0. The summed E-state index contributed by atoms with van der Waals surface area (Å²) in [5.41, 5.74) is 3.53. The monoisotopic (exact) mass is 508 g/mol. The van der Waals surface area contributed by atoms with Crippen LogP contribution in [0.15, 0.2) is 24.3 Å². The Morgan fingerprint density at radius 3 is 2.62 bits per heavy atom. The van der Waals surface area contributed by atoms with Gasteiger partial charge in [0.05, 0.1) is 19.3 Å². The number of ether oxygens (including phenoxy) is 1. The van der Waals surface area contributed by atoms with Gasteiger partial charge in [-0.05, 0) is 50.3 Å². The predicted octanol–water partition coefficient (Wildman–Crippen LogP) is 4.10. The third-order valence-corrected chi connectivity index (χ3v) is 7.56. The maximum absolute atomic E-state index is 13.2. The smallest absolute Gasteiger partial charge is 0.404 e. The summed E-state index contributed by atoms with van der Waals surface area (Å²) in [6.45, 7) is 6.03. The molecule has 2 fully saturated rings. The van der Waals surface area contributed by atoms with E-state index in [1.54, 1.807) is 4.90 Å². The second kappa shape index (κ2) is 10.9. The van der Waals surface area contributed by atoms with Gasteiger partial charge in [0.25, 0.3) is 5.91 Å². The standard InChI is InChI=1S/C27H36N6O4/c1-17(2)33-16-22-23(25(33)34)30-26(32-12-13-37-21(15-32)14-28-27(35)36)31-24(22)29-20-10-8-19(9-11-20)18-6-4-3-5-7-18/h8-11,17-18,21,28H,3-7,12-16H2,1-2H3,(H,35,36)(H,29,30,31)/t21-/m1/s1. The van der Waals surface area contributed by atoms with Crippen molar-refractivity contribution >= 4 is 29.5 Å². The van der Waals surface area contributed by atoms with Crippen molar-refractivity contribution in [2.75, 3.05) is 36.5 Å². The van der Waals surface area contributed by atoms with E-state index >= 15 is 0 Å². The van der Waals surface area contributed by atoms with Crippen molar-refractivity contribution in [3.63, 3.8) is 0 Å². The van der Waals surface area contributed by atoms with E-state index < -0.39 is 6.09 Å². The van der Waals surface area contributed by atoms with Gasteiger partial charge in [0.15, 0.2) is 0 Å². The molecule has 0 spiro atoms. The molecular formula is C27H36N6O4. The molecule has 1 saturated carbocycles. The number of morpholine rings is 1. The summed E-state index contributed by atoms with van der Waals surface area (Å²) >= 11 is 0. The highest BCUT2D eigenvalue weighted by Gasteiger charge is 2.35. The number of amides is 2. The molecule has 0 bridgehead atoms. The Morgan fingerprint density at radius 2 is 1.92 bits per heavy atom. The zero-order chi connectivity index (χ0) is 25.9. The summed E-state index contributed by atoms with van der Waals surface area (Å²) in [5, 5.41) is 14.8. The van der Waals surface area contributed by atoms with E-state index in [0.717, 1.165) is 11.3 Å². The maximum Gasteiger partial charge on any atom is 0.404 e. The molecule has 1 aromatic carbocycles. The summed E-state index contributed by atoms with van der Waals surface area (Å²) in [5.74, 6) is 1.62.